The van der Waals surface area contributed by atoms with Crippen LogP contribution in [0.1, 0.15) is 5.76 Å². The molecule has 5 nitrogen and oxygen atoms in total. The van der Waals surface area contributed by atoms with Gasteiger partial charge >= 0.3 is 0 Å². The van der Waals surface area contributed by atoms with Crippen molar-refractivity contribution in [1.29, 1.82) is 0 Å². The molecule has 1 N–H and O–H groups in total. The maximum atomic E-state index is 12.5. The third-order valence-corrected chi connectivity index (χ3v) is 4.72. The topological polar surface area (TPSA) is 60.1 Å². The second-order valence-electron chi connectivity index (χ2n) is 5.99. The van der Waals surface area contributed by atoms with E-state index in [4.69, 9.17) is 27.6 Å². The average Bonchev–Trinajstić information content (AvgIpc) is 3.29. The molecule has 1 amide bonds. The van der Waals surface area contributed by atoms with E-state index in [0.717, 1.165) is 16.6 Å². The Labute approximate surface area is 165 Å². The summed E-state index contributed by atoms with van der Waals surface area (Å²) in [6.07, 6.45) is 1.57. The van der Waals surface area contributed by atoms with E-state index < -0.39 is 0 Å². The molecule has 0 atom stereocenters. The van der Waals surface area contributed by atoms with E-state index in [1.165, 1.54) is 0 Å². The first-order valence-electron chi connectivity index (χ1n) is 8.31. The van der Waals surface area contributed by atoms with Gasteiger partial charge in [0.2, 0.25) is 5.91 Å². The number of fused-ring (bicyclic) bond motifs is 1. The minimum absolute atomic E-state index is 0.107. The van der Waals surface area contributed by atoms with Gasteiger partial charge in [0.25, 0.3) is 0 Å². The van der Waals surface area contributed by atoms with Gasteiger partial charge in [0.05, 0.1) is 28.9 Å². The lowest BCUT2D eigenvalue weighted by molar-refractivity contribution is -0.121. The Morgan fingerprint density at radius 1 is 1.11 bits per heavy atom. The molecule has 0 bridgehead atoms. The first kappa shape index (κ1) is 17.6. The van der Waals surface area contributed by atoms with Gasteiger partial charge in [-0.25, -0.2) is 4.98 Å². The lowest BCUT2D eigenvalue weighted by Gasteiger charge is -2.11. The second-order valence-corrected chi connectivity index (χ2v) is 6.83. The van der Waals surface area contributed by atoms with Crippen LogP contribution in [0.3, 0.4) is 0 Å². The van der Waals surface area contributed by atoms with E-state index >= 15 is 0 Å². The Morgan fingerprint density at radius 3 is 2.74 bits per heavy atom. The molecule has 27 heavy (non-hydrogen) atoms. The summed E-state index contributed by atoms with van der Waals surface area (Å²) in [5.41, 5.74) is 2.36. The van der Waals surface area contributed by atoms with Gasteiger partial charge in [-0.3, -0.25) is 4.79 Å². The van der Waals surface area contributed by atoms with E-state index in [9.17, 15) is 4.79 Å². The Kier molecular flexibility index (Phi) is 4.88. The zero-order valence-electron chi connectivity index (χ0n) is 14.2. The first-order valence-corrected chi connectivity index (χ1v) is 9.07. The number of carbonyl (C=O) groups excluding carboxylic acids is 1. The summed E-state index contributed by atoms with van der Waals surface area (Å²) in [6.45, 7) is 0.436. The lowest BCUT2D eigenvalue weighted by Crippen LogP contribution is -2.27. The van der Waals surface area contributed by atoms with Crippen molar-refractivity contribution in [3.05, 3.63) is 76.7 Å². The second kappa shape index (κ2) is 7.47. The van der Waals surface area contributed by atoms with Gasteiger partial charge in [0.15, 0.2) is 0 Å². The molecule has 0 aliphatic carbocycles. The van der Waals surface area contributed by atoms with Crippen LogP contribution in [-0.4, -0.2) is 15.5 Å². The van der Waals surface area contributed by atoms with Crippen LogP contribution < -0.4 is 5.32 Å². The van der Waals surface area contributed by atoms with Gasteiger partial charge in [0, 0.05) is 10.6 Å². The fourth-order valence-electron chi connectivity index (χ4n) is 2.91. The molecular formula is C20H15Cl2N3O2. The molecule has 0 saturated heterocycles. The number of halogens is 2. The zero-order chi connectivity index (χ0) is 18.8. The molecule has 0 aliphatic rings. The van der Waals surface area contributed by atoms with E-state index in [0.29, 0.717) is 28.2 Å². The van der Waals surface area contributed by atoms with Crippen molar-refractivity contribution in [2.24, 2.45) is 0 Å². The predicted molar refractivity (Wildman–Crippen MR) is 106 cm³/mol. The van der Waals surface area contributed by atoms with E-state index in [2.05, 4.69) is 10.3 Å². The van der Waals surface area contributed by atoms with Crippen molar-refractivity contribution >= 4 is 40.1 Å². The standard InChI is InChI=1S/C20H15Cl2N3O2/c21-13-7-8-15(16(22)10-13)20-24-17-5-1-2-6-18(17)25(20)12-19(26)23-11-14-4-3-9-27-14/h1-10H,11-12H2,(H,23,26). The lowest BCUT2D eigenvalue weighted by atomic mass is 10.2. The highest BCUT2D eigenvalue weighted by Crippen LogP contribution is 2.32. The van der Waals surface area contributed by atoms with Crippen LogP contribution in [0.5, 0.6) is 0 Å². The molecule has 2 aromatic carbocycles. The van der Waals surface area contributed by atoms with E-state index in [1.807, 2.05) is 41.0 Å². The minimum Gasteiger partial charge on any atom is -0.467 e. The van der Waals surface area contributed by atoms with Crippen LogP contribution in [0.25, 0.3) is 22.4 Å². The summed E-state index contributed by atoms with van der Waals surface area (Å²) in [4.78, 5) is 17.2. The summed E-state index contributed by atoms with van der Waals surface area (Å²) in [5, 5.41) is 3.88. The number of amides is 1. The van der Waals surface area contributed by atoms with Crippen molar-refractivity contribution in [2.75, 3.05) is 0 Å². The highest BCUT2D eigenvalue weighted by Gasteiger charge is 2.17. The predicted octanol–water partition coefficient (Wildman–Crippen LogP) is 4.92. The number of nitrogens with one attached hydrogen (secondary N) is 1. The summed E-state index contributed by atoms with van der Waals surface area (Å²) >= 11 is 12.4. The molecule has 0 aliphatic heterocycles. The Morgan fingerprint density at radius 2 is 1.96 bits per heavy atom. The number of carbonyl (C=O) groups is 1. The van der Waals surface area contributed by atoms with Gasteiger partial charge in [-0.1, -0.05) is 35.3 Å². The summed E-state index contributed by atoms with van der Waals surface area (Å²) in [6, 6.07) is 16.5. The average molecular weight is 400 g/mol. The van der Waals surface area contributed by atoms with Crippen LogP contribution in [-0.2, 0) is 17.9 Å². The number of imidazole rings is 1. The van der Waals surface area contributed by atoms with Gasteiger partial charge in [-0.15, -0.1) is 0 Å². The van der Waals surface area contributed by atoms with Gasteiger partial charge in [-0.05, 0) is 42.5 Å². The highest BCUT2D eigenvalue weighted by atomic mass is 35.5. The molecule has 7 heteroatoms. The molecule has 4 aromatic rings. The van der Waals surface area contributed by atoms with E-state index in [-0.39, 0.29) is 12.5 Å². The number of hydrogen-bond donors (Lipinski definition) is 1. The summed E-state index contributed by atoms with van der Waals surface area (Å²) in [5.74, 6) is 1.16. The van der Waals surface area contributed by atoms with Gasteiger partial charge < -0.3 is 14.3 Å². The van der Waals surface area contributed by atoms with Crippen LogP contribution in [0.4, 0.5) is 0 Å². The number of nitrogens with zero attached hydrogens (tertiary/aromatic N) is 2. The summed E-state index contributed by atoms with van der Waals surface area (Å²) < 4.78 is 7.09. The number of benzene rings is 2. The summed E-state index contributed by atoms with van der Waals surface area (Å²) in [7, 11) is 0. The molecule has 0 fully saturated rings. The van der Waals surface area contributed by atoms with Crippen molar-refractivity contribution in [2.45, 2.75) is 13.1 Å². The molecule has 0 radical (unpaired) electrons. The SMILES string of the molecule is O=C(Cn1c(-c2ccc(Cl)cc2Cl)nc2ccccc21)NCc1ccco1. The Bertz CT molecular complexity index is 1100. The monoisotopic (exact) mass is 399 g/mol. The van der Waals surface area contributed by atoms with Gasteiger partial charge in [-0.2, -0.15) is 0 Å². The van der Waals surface area contributed by atoms with Crippen molar-refractivity contribution in [1.82, 2.24) is 14.9 Å². The molecule has 4 rings (SSSR count). The Hall–Kier alpha value is -2.76. The largest absolute Gasteiger partial charge is 0.467 e. The molecular weight excluding hydrogens is 385 g/mol. The number of rotatable bonds is 5. The molecule has 136 valence electrons. The molecule has 0 unspecified atom stereocenters. The fraction of sp³-hybridized carbons (Fsp3) is 0.100. The zero-order valence-corrected chi connectivity index (χ0v) is 15.7. The highest BCUT2D eigenvalue weighted by molar-refractivity contribution is 6.36. The first-order chi connectivity index (χ1) is 13.1. The Balaban J connectivity index is 1.69. The van der Waals surface area contributed by atoms with Crippen molar-refractivity contribution in [3.8, 4) is 11.4 Å². The molecule has 0 saturated carbocycles. The molecule has 2 heterocycles. The maximum absolute atomic E-state index is 12.5. The third kappa shape index (κ3) is 3.70. The molecule has 0 spiro atoms. The van der Waals surface area contributed by atoms with Crippen LogP contribution >= 0.6 is 23.2 Å². The number of aromatic nitrogens is 2. The number of para-hydroxylation sites is 2. The van der Waals surface area contributed by atoms with Crippen LogP contribution in [0.15, 0.2) is 65.3 Å². The van der Waals surface area contributed by atoms with Crippen molar-refractivity contribution < 1.29 is 9.21 Å². The van der Waals surface area contributed by atoms with Crippen molar-refractivity contribution in [3.63, 3.8) is 0 Å². The molecule has 2 aromatic heterocycles. The van der Waals surface area contributed by atoms with Crippen LogP contribution in [0, 0.1) is 0 Å². The maximum Gasteiger partial charge on any atom is 0.240 e. The normalized spacial score (nSPS) is 11.0. The smallest absolute Gasteiger partial charge is 0.240 e. The fourth-order valence-corrected chi connectivity index (χ4v) is 3.40. The quantitative estimate of drug-likeness (QED) is 0.517. The van der Waals surface area contributed by atoms with E-state index in [1.54, 1.807) is 24.5 Å². The van der Waals surface area contributed by atoms with Gasteiger partial charge in [0.1, 0.15) is 18.1 Å². The number of hydrogen-bond acceptors (Lipinski definition) is 3. The third-order valence-electron chi connectivity index (χ3n) is 4.17. The van der Waals surface area contributed by atoms with Crippen LogP contribution in [0.2, 0.25) is 10.0 Å². The number of furan rings is 1. The minimum atomic E-state index is -0.152.